The van der Waals surface area contributed by atoms with Crippen LogP contribution in [0.4, 0.5) is 0 Å². The highest BCUT2D eigenvalue weighted by Crippen LogP contribution is 2.18. The van der Waals surface area contributed by atoms with Gasteiger partial charge in [-0.2, -0.15) is 0 Å². The topological polar surface area (TPSA) is 51.2 Å². The number of ether oxygens (including phenoxy) is 1. The molecule has 0 unspecified atom stereocenters. The third-order valence-electron chi connectivity index (χ3n) is 2.39. The normalized spacial score (nSPS) is 15.1. The smallest absolute Gasteiger partial charge is 0.357 e. The van der Waals surface area contributed by atoms with Gasteiger partial charge in [0.05, 0.1) is 11.6 Å². The van der Waals surface area contributed by atoms with Crippen LogP contribution >= 0.6 is 11.3 Å². The van der Waals surface area contributed by atoms with E-state index < -0.39 is 0 Å². The lowest BCUT2D eigenvalue weighted by atomic mass is 10.4. The Morgan fingerprint density at radius 1 is 1.69 bits per heavy atom. The average molecular weight is 240 g/mol. The largest absolute Gasteiger partial charge is 0.461 e. The summed E-state index contributed by atoms with van der Waals surface area (Å²) in [5, 5.41) is 6.18. The first-order valence-electron chi connectivity index (χ1n) is 5.64. The molecule has 0 saturated heterocycles. The average Bonchev–Trinajstić information content (AvgIpc) is 2.95. The Kier molecular flexibility index (Phi) is 3.90. The van der Waals surface area contributed by atoms with E-state index >= 15 is 0 Å². The molecule has 1 N–H and O–H groups in total. The van der Waals surface area contributed by atoms with Crippen molar-refractivity contribution in [1.29, 1.82) is 0 Å². The zero-order chi connectivity index (χ0) is 11.4. The molecule has 1 aliphatic carbocycles. The molecule has 0 atom stereocenters. The van der Waals surface area contributed by atoms with E-state index in [1.807, 2.05) is 0 Å². The Bertz CT molecular complexity index is 361. The first kappa shape index (κ1) is 11.5. The van der Waals surface area contributed by atoms with Crippen molar-refractivity contribution in [3.05, 3.63) is 16.1 Å². The molecule has 4 nitrogen and oxygen atoms in total. The van der Waals surface area contributed by atoms with Crippen molar-refractivity contribution in [3.8, 4) is 0 Å². The number of carbonyl (C=O) groups is 1. The molecule has 1 fully saturated rings. The number of hydrogen-bond donors (Lipinski definition) is 1. The summed E-state index contributed by atoms with van der Waals surface area (Å²) in [7, 11) is 0. The first-order chi connectivity index (χ1) is 7.79. The molecule has 0 aliphatic heterocycles. The van der Waals surface area contributed by atoms with E-state index in [9.17, 15) is 4.79 Å². The minimum absolute atomic E-state index is 0.319. The first-order valence-corrected chi connectivity index (χ1v) is 6.52. The van der Waals surface area contributed by atoms with E-state index in [4.69, 9.17) is 4.74 Å². The van der Waals surface area contributed by atoms with Crippen LogP contribution in [-0.4, -0.2) is 30.1 Å². The van der Waals surface area contributed by atoms with Gasteiger partial charge in [0.1, 0.15) is 0 Å². The number of rotatable bonds is 6. The fraction of sp³-hybridized carbons (Fsp3) is 0.636. The summed E-state index contributed by atoms with van der Waals surface area (Å²) in [5.41, 5.74) is 0.438. The molecule has 0 radical (unpaired) electrons. The quantitative estimate of drug-likeness (QED) is 0.768. The molecular formula is C11H16N2O2S. The highest BCUT2D eigenvalue weighted by Gasteiger charge is 2.20. The van der Waals surface area contributed by atoms with Gasteiger partial charge in [-0.1, -0.05) is 0 Å². The van der Waals surface area contributed by atoms with Gasteiger partial charge in [-0.3, -0.25) is 0 Å². The van der Waals surface area contributed by atoms with Gasteiger partial charge in [-0.25, -0.2) is 9.78 Å². The maximum atomic E-state index is 11.4. The monoisotopic (exact) mass is 240 g/mol. The standard InChI is InChI=1S/C11H16N2O2S/c1-2-15-11(14)9-7-16-10(13-9)5-6-12-8-3-4-8/h7-8,12H,2-6H2,1H3. The van der Waals surface area contributed by atoms with Crippen LogP contribution in [0.2, 0.25) is 0 Å². The molecule has 1 aromatic rings. The highest BCUT2D eigenvalue weighted by molar-refractivity contribution is 7.09. The molecule has 88 valence electrons. The lowest BCUT2D eigenvalue weighted by Gasteiger charge is -1.99. The van der Waals surface area contributed by atoms with Crippen LogP contribution in [-0.2, 0) is 11.2 Å². The molecule has 0 spiro atoms. The second-order valence-electron chi connectivity index (χ2n) is 3.83. The van der Waals surface area contributed by atoms with Crippen molar-refractivity contribution in [2.24, 2.45) is 0 Å². The van der Waals surface area contributed by atoms with E-state index in [2.05, 4.69) is 10.3 Å². The maximum absolute atomic E-state index is 11.4. The van der Waals surface area contributed by atoms with Gasteiger partial charge in [-0.15, -0.1) is 11.3 Å². The van der Waals surface area contributed by atoms with E-state index in [1.165, 1.54) is 24.2 Å². The fourth-order valence-corrected chi connectivity index (χ4v) is 2.16. The SMILES string of the molecule is CCOC(=O)c1csc(CCNC2CC2)n1. The zero-order valence-corrected chi connectivity index (χ0v) is 10.2. The highest BCUT2D eigenvalue weighted by atomic mass is 32.1. The van der Waals surface area contributed by atoms with Gasteiger partial charge >= 0.3 is 5.97 Å². The molecule has 5 heteroatoms. The summed E-state index contributed by atoms with van der Waals surface area (Å²) in [6.45, 7) is 3.14. The molecule has 1 aliphatic rings. The van der Waals surface area contributed by atoms with Crippen molar-refractivity contribution in [2.75, 3.05) is 13.2 Å². The van der Waals surface area contributed by atoms with Gasteiger partial charge in [0.15, 0.2) is 5.69 Å². The van der Waals surface area contributed by atoms with Crippen LogP contribution in [0.5, 0.6) is 0 Å². The van der Waals surface area contributed by atoms with Crippen molar-refractivity contribution in [1.82, 2.24) is 10.3 Å². The number of thiazole rings is 1. The zero-order valence-electron chi connectivity index (χ0n) is 9.36. The third kappa shape index (κ3) is 3.28. The maximum Gasteiger partial charge on any atom is 0.357 e. The summed E-state index contributed by atoms with van der Waals surface area (Å²) in [5.74, 6) is -0.319. The predicted octanol–water partition coefficient (Wildman–Crippen LogP) is 1.61. The van der Waals surface area contributed by atoms with Crippen LogP contribution in [0.1, 0.15) is 35.3 Å². The Labute approximate surface area is 99.0 Å². The van der Waals surface area contributed by atoms with Gasteiger partial charge in [0.25, 0.3) is 0 Å². The van der Waals surface area contributed by atoms with Crippen LogP contribution in [0.15, 0.2) is 5.38 Å². The van der Waals surface area contributed by atoms with Crippen LogP contribution in [0.25, 0.3) is 0 Å². The molecular weight excluding hydrogens is 224 g/mol. The van der Waals surface area contributed by atoms with Crippen molar-refractivity contribution >= 4 is 17.3 Å². The summed E-state index contributed by atoms with van der Waals surface area (Å²) in [6.07, 6.45) is 3.48. The van der Waals surface area contributed by atoms with Gasteiger partial charge < -0.3 is 10.1 Å². The number of nitrogens with zero attached hydrogens (tertiary/aromatic N) is 1. The predicted molar refractivity (Wildman–Crippen MR) is 62.8 cm³/mol. The summed E-state index contributed by atoms with van der Waals surface area (Å²) >= 11 is 1.52. The van der Waals surface area contributed by atoms with E-state index in [1.54, 1.807) is 12.3 Å². The number of carbonyl (C=O) groups excluding carboxylic acids is 1. The van der Waals surface area contributed by atoms with E-state index in [0.29, 0.717) is 12.3 Å². The molecule has 0 amide bonds. The Balaban J connectivity index is 1.78. The van der Waals surface area contributed by atoms with Gasteiger partial charge in [-0.05, 0) is 19.8 Å². The Hall–Kier alpha value is -0.940. The lowest BCUT2D eigenvalue weighted by molar-refractivity contribution is 0.0520. The van der Waals surface area contributed by atoms with Crippen LogP contribution in [0.3, 0.4) is 0 Å². The molecule has 2 rings (SSSR count). The van der Waals surface area contributed by atoms with Crippen molar-refractivity contribution in [2.45, 2.75) is 32.2 Å². The van der Waals surface area contributed by atoms with E-state index in [-0.39, 0.29) is 5.97 Å². The number of aromatic nitrogens is 1. The molecule has 16 heavy (non-hydrogen) atoms. The summed E-state index contributed by atoms with van der Waals surface area (Å²) < 4.78 is 4.88. The third-order valence-corrected chi connectivity index (χ3v) is 3.29. The molecule has 1 saturated carbocycles. The minimum Gasteiger partial charge on any atom is -0.461 e. The lowest BCUT2D eigenvalue weighted by Crippen LogP contribution is -2.19. The van der Waals surface area contributed by atoms with Crippen molar-refractivity contribution < 1.29 is 9.53 Å². The van der Waals surface area contributed by atoms with Gasteiger partial charge in [0, 0.05) is 24.4 Å². The fourth-order valence-electron chi connectivity index (χ4n) is 1.40. The van der Waals surface area contributed by atoms with E-state index in [0.717, 1.165) is 24.0 Å². The Morgan fingerprint density at radius 2 is 2.50 bits per heavy atom. The van der Waals surface area contributed by atoms with Gasteiger partial charge in [0.2, 0.25) is 0 Å². The summed E-state index contributed by atoms with van der Waals surface area (Å²) in [4.78, 5) is 15.6. The second kappa shape index (κ2) is 5.41. The van der Waals surface area contributed by atoms with Crippen molar-refractivity contribution in [3.63, 3.8) is 0 Å². The molecule has 1 heterocycles. The second-order valence-corrected chi connectivity index (χ2v) is 4.77. The number of nitrogens with one attached hydrogen (secondary N) is 1. The number of hydrogen-bond acceptors (Lipinski definition) is 5. The molecule has 0 aromatic carbocycles. The van der Waals surface area contributed by atoms with Crippen LogP contribution < -0.4 is 5.32 Å². The number of esters is 1. The minimum atomic E-state index is -0.319. The van der Waals surface area contributed by atoms with Crippen LogP contribution in [0, 0.1) is 0 Å². The summed E-state index contributed by atoms with van der Waals surface area (Å²) in [6, 6.07) is 0.726. The molecule has 1 aromatic heterocycles. The molecule has 0 bridgehead atoms. The Morgan fingerprint density at radius 3 is 3.19 bits per heavy atom.